The molecule has 146 valence electrons. The summed E-state index contributed by atoms with van der Waals surface area (Å²) in [5.74, 6) is 0.903. The Morgan fingerprint density at radius 1 is 1.21 bits per heavy atom. The van der Waals surface area contributed by atoms with E-state index in [2.05, 4.69) is 20.7 Å². The second-order valence-electron chi connectivity index (χ2n) is 5.59. The summed E-state index contributed by atoms with van der Waals surface area (Å²) in [5, 5.41) is 25.3. The Labute approximate surface area is 171 Å². The van der Waals surface area contributed by atoms with E-state index < -0.39 is 10.8 Å². The molecule has 0 aliphatic carbocycles. The highest BCUT2D eigenvalue weighted by molar-refractivity contribution is 8.00. The van der Waals surface area contributed by atoms with Crippen molar-refractivity contribution >= 4 is 39.8 Å². The molecular weight excluding hydrogens is 418 g/mol. The molecule has 0 aliphatic heterocycles. The number of carbonyl (C=O) groups excluding carboxylic acids is 1. The highest BCUT2D eigenvalue weighted by Crippen LogP contribution is 2.29. The predicted octanol–water partition coefficient (Wildman–Crippen LogP) is 4.24. The Balaban J connectivity index is 1.34. The SMILES string of the molecule is O=C(Nc1nnc(SCc2ccc([N+](=O)[O-])cc2)s1)c1cc(-c2ccco2)on1. The number of nitro groups is 1. The molecule has 0 unspecified atom stereocenters. The van der Waals surface area contributed by atoms with Crippen LogP contribution in [0.2, 0.25) is 0 Å². The standard InChI is InChI=1S/C17H11N5O5S2/c23-15(12-8-14(27-21-12)13-2-1-7-26-13)18-16-19-20-17(29-16)28-9-10-3-5-11(6-4-10)22(24)25/h1-8H,9H2,(H,18,19,23). The molecule has 0 spiro atoms. The molecule has 0 saturated heterocycles. The number of furan rings is 1. The zero-order valence-electron chi connectivity index (χ0n) is 14.5. The van der Waals surface area contributed by atoms with E-state index in [0.29, 0.717) is 26.7 Å². The number of nitro benzene ring substituents is 1. The number of rotatable bonds is 7. The molecule has 0 radical (unpaired) electrons. The molecule has 1 N–H and O–H groups in total. The number of hydrogen-bond acceptors (Lipinski definition) is 10. The first-order valence-corrected chi connectivity index (χ1v) is 9.90. The van der Waals surface area contributed by atoms with E-state index in [-0.39, 0.29) is 11.4 Å². The van der Waals surface area contributed by atoms with Crippen LogP contribution >= 0.6 is 23.1 Å². The summed E-state index contributed by atoms with van der Waals surface area (Å²) >= 11 is 2.62. The van der Waals surface area contributed by atoms with Crippen LogP contribution in [0.25, 0.3) is 11.5 Å². The Bertz CT molecular complexity index is 1140. The minimum Gasteiger partial charge on any atom is -0.461 e. The van der Waals surface area contributed by atoms with Gasteiger partial charge in [0.2, 0.25) is 10.9 Å². The molecule has 0 fully saturated rings. The molecular formula is C17H11N5O5S2. The van der Waals surface area contributed by atoms with Gasteiger partial charge in [0, 0.05) is 24.0 Å². The van der Waals surface area contributed by atoms with E-state index in [1.165, 1.54) is 47.6 Å². The summed E-state index contributed by atoms with van der Waals surface area (Å²) in [6, 6.07) is 11.2. The van der Waals surface area contributed by atoms with Gasteiger partial charge in [0.1, 0.15) is 0 Å². The highest BCUT2D eigenvalue weighted by atomic mass is 32.2. The summed E-state index contributed by atoms with van der Waals surface area (Å²) in [6.45, 7) is 0. The average Bonchev–Trinajstić information content (AvgIpc) is 3.47. The third kappa shape index (κ3) is 4.50. The monoisotopic (exact) mass is 429 g/mol. The molecule has 4 rings (SSSR count). The van der Waals surface area contributed by atoms with Gasteiger partial charge in [-0.15, -0.1) is 10.2 Å². The Morgan fingerprint density at radius 3 is 2.76 bits per heavy atom. The zero-order valence-corrected chi connectivity index (χ0v) is 16.1. The van der Waals surface area contributed by atoms with E-state index in [0.717, 1.165) is 5.56 Å². The largest absolute Gasteiger partial charge is 0.461 e. The van der Waals surface area contributed by atoms with E-state index in [1.807, 2.05) is 0 Å². The van der Waals surface area contributed by atoms with Crippen molar-refractivity contribution in [2.75, 3.05) is 5.32 Å². The van der Waals surface area contributed by atoms with Crippen molar-refractivity contribution in [3.63, 3.8) is 0 Å². The fourth-order valence-electron chi connectivity index (χ4n) is 2.26. The van der Waals surface area contributed by atoms with Crippen molar-refractivity contribution in [1.82, 2.24) is 15.4 Å². The molecule has 12 heteroatoms. The Morgan fingerprint density at radius 2 is 2.03 bits per heavy atom. The average molecular weight is 429 g/mol. The molecule has 0 aliphatic rings. The summed E-state index contributed by atoms with van der Waals surface area (Å²) < 4.78 is 10.9. The smallest absolute Gasteiger partial charge is 0.279 e. The molecule has 10 nitrogen and oxygen atoms in total. The lowest BCUT2D eigenvalue weighted by atomic mass is 10.2. The summed E-state index contributed by atoms with van der Waals surface area (Å²) in [5.41, 5.74) is 1.05. The van der Waals surface area contributed by atoms with Gasteiger partial charge >= 0.3 is 0 Å². The van der Waals surface area contributed by atoms with Crippen molar-refractivity contribution in [3.8, 4) is 11.5 Å². The van der Waals surface area contributed by atoms with Crippen LogP contribution in [0.4, 0.5) is 10.8 Å². The van der Waals surface area contributed by atoms with Gasteiger partial charge in [0.25, 0.3) is 11.6 Å². The second-order valence-corrected chi connectivity index (χ2v) is 7.79. The molecule has 0 atom stereocenters. The van der Waals surface area contributed by atoms with Crippen molar-refractivity contribution in [2.45, 2.75) is 10.1 Å². The van der Waals surface area contributed by atoms with Gasteiger partial charge in [-0.3, -0.25) is 20.2 Å². The van der Waals surface area contributed by atoms with Crippen LogP contribution in [-0.2, 0) is 5.75 Å². The maximum Gasteiger partial charge on any atom is 0.279 e. The molecule has 29 heavy (non-hydrogen) atoms. The second kappa shape index (κ2) is 8.24. The van der Waals surface area contributed by atoms with Gasteiger partial charge in [0.15, 0.2) is 15.8 Å². The third-order valence-electron chi connectivity index (χ3n) is 3.64. The van der Waals surface area contributed by atoms with Crippen LogP contribution in [0.3, 0.4) is 0 Å². The minimum absolute atomic E-state index is 0.0442. The third-order valence-corrected chi connectivity index (χ3v) is 5.69. The summed E-state index contributed by atoms with van der Waals surface area (Å²) in [4.78, 5) is 22.5. The predicted molar refractivity (Wildman–Crippen MR) is 105 cm³/mol. The van der Waals surface area contributed by atoms with E-state index in [9.17, 15) is 14.9 Å². The number of nitrogens with zero attached hydrogens (tertiary/aromatic N) is 4. The van der Waals surface area contributed by atoms with Crippen LogP contribution in [-0.4, -0.2) is 26.2 Å². The van der Waals surface area contributed by atoms with Crippen LogP contribution in [0, 0.1) is 10.1 Å². The van der Waals surface area contributed by atoms with Crippen molar-refractivity contribution < 1.29 is 18.7 Å². The first kappa shape index (κ1) is 18.8. The van der Waals surface area contributed by atoms with Gasteiger partial charge in [-0.05, 0) is 17.7 Å². The maximum atomic E-state index is 12.3. The molecule has 4 aromatic rings. The lowest BCUT2D eigenvalue weighted by Gasteiger charge is -1.98. The number of nitrogens with one attached hydrogen (secondary N) is 1. The Hall–Kier alpha value is -3.51. The van der Waals surface area contributed by atoms with Gasteiger partial charge in [-0.1, -0.05) is 40.4 Å². The van der Waals surface area contributed by atoms with Gasteiger partial charge < -0.3 is 8.94 Å². The molecule has 1 amide bonds. The van der Waals surface area contributed by atoms with Gasteiger partial charge in [-0.2, -0.15) is 0 Å². The number of carbonyl (C=O) groups is 1. The lowest BCUT2D eigenvalue weighted by Crippen LogP contribution is -2.11. The van der Waals surface area contributed by atoms with Crippen molar-refractivity contribution in [1.29, 1.82) is 0 Å². The number of aromatic nitrogens is 3. The van der Waals surface area contributed by atoms with E-state index in [1.54, 1.807) is 24.3 Å². The quantitative estimate of drug-likeness (QED) is 0.198. The van der Waals surface area contributed by atoms with E-state index >= 15 is 0 Å². The number of anilines is 1. The van der Waals surface area contributed by atoms with Crippen LogP contribution < -0.4 is 5.32 Å². The first-order valence-electron chi connectivity index (χ1n) is 8.10. The molecule has 0 saturated carbocycles. The van der Waals surface area contributed by atoms with Crippen LogP contribution in [0.5, 0.6) is 0 Å². The van der Waals surface area contributed by atoms with E-state index in [4.69, 9.17) is 8.94 Å². The number of benzene rings is 1. The number of non-ortho nitro benzene ring substituents is 1. The fraction of sp³-hybridized carbons (Fsp3) is 0.0588. The number of thioether (sulfide) groups is 1. The Kier molecular flexibility index (Phi) is 5.35. The molecule has 1 aromatic carbocycles. The number of hydrogen-bond donors (Lipinski definition) is 1. The lowest BCUT2D eigenvalue weighted by molar-refractivity contribution is -0.384. The first-order chi connectivity index (χ1) is 14.1. The van der Waals surface area contributed by atoms with Crippen molar-refractivity contribution in [2.24, 2.45) is 0 Å². The normalized spacial score (nSPS) is 10.8. The molecule has 0 bridgehead atoms. The van der Waals surface area contributed by atoms with Crippen LogP contribution in [0.1, 0.15) is 16.1 Å². The topological polar surface area (TPSA) is 137 Å². The molecule has 3 heterocycles. The van der Waals surface area contributed by atoms with Gasteiger partial charge in [0.05, 0.1) is 11.2 Å². The van der Waals surface area contributed by atoms with Gasteiger partial charge in [-0.25, -0.2) is 0 Å². The number of amides is 1. The summed E-state index contributed by atoms with van der Waals surface area (Å²) in [6.07, 6.45) is 1.49. The summed E-state index contributed by atoms with van der Waals surface area (Å²) in [7, 11) is 0. The molecule has 3 aromatic heterocycles. The highest BCUT2D eigenvalue weighted by Gasteiger charge is 2.17. The van der Waals surface area contributed by atoms with Crippen molar-refractivity contribution in [3.05, 3.63) is 70.1 Å². The fourth-order valence-corrected chi connectivity index (χ4v) is 3.96. The zero-order chi connectivity index (χ0) is 20.2. The minimum atomic E-state index is -0.477. The van der Waals surface area contributed by atoms with Crippen LogP contribution in [0.15, 0.2) is 62.0 Å². The maximum absolute atomic E-state index is 12.3.